The molecule has 0 bridgehead atoms. The van der Waals surface area contributed by atoms with Crippen molar-refractivity contribution in [2.45, 2.75) is 12.1 Å². The first-order valence-corrected chi connectivity index (χ1v) is 14.1. The molecule has 0 radical (unpaired) electrons. The summed E-state index contributed by atoms with van der Waals surface area (Å²) >= 11 is 12.2. The van der Waals surface area contributed by atoms with E-state index in [4.69, 9.17) is 28.9 Å². The number of hydrogen-bond acceptors (Lipinski definition) is 5. The van der Waals surface area contributed by atoms with Crippen molar-refractivity contribution in [2.75, 3.05) is 30.7 Å². The molecular weight excluding hydrogens is 554 g/mol. The Morgan fingerprint density at radius 1 is 0.974 bits per heavy atom. The van der Waals surface area contributed by atoms with E-state index in [-0.39, 0.29) is 17.3 Å². The molecular formula is C26H25Cl2FN4O4S. The van der Waals surface area contributed by atoms with Crippen LogP contribution in [-0.2, 0) is 10.0 Å². The lowest BCUT2D eigenvalue weighted by Crippen LogP contribution is -2.61. The summed E-state index contributed by atoms with van der Waals surface area (Å²) in [5.41, 5.74) is 6.84. The second-order valence-corrected chi connectivity index (χ2v) is 11.8. The fourth-order valence-electron chi connectivity index (χ4n) is 4.54. The van der Waals surface area contributed by atoms with Crippen LogP contribution >= 0.6 is 23.2 Å². The number of carbonyl (C=O) groups is 2. The summed E-state index contributed by atoms with van der Waals surface area (Å²) in [6.07, 6.45) is 1.02. The molecule has 38 heavy (non-hydrogen) atoms. The second kappa shape index (κ2) is 10.9. The van der Waals surface area contributed by atoms with Crippen molar-refractivity contribution in [3.8, 4) is 0 Å². The smallest absolute Gasteiger partial charge is 0.321 e. The van der Waals surface area contributed by atoms with Crippen molar-refractivity contribution in [1.82, 2.24) is 9.80 Å². The summed E-state index contributed by atoms with van der Waals surface area (Å²) in [5.74, 6) is -1.68. The van der Waals surface area contributed by atoms with Crippen molar-refractivity contribution in [3.63, 3.8) is 0 Å². The van der Waals surface area contributed by atoms with Gasteiger partial charge in [-0.1, -0.05) is 47.5 Å². The Morgan fingerprint density at radius 3 is 1.92 bits per heavy atom. The first kappa shape index (κ1) is 27.8. The molecule has 1 aliphatic heterocycles. The zero-order valence-corrected chi connectivity index (χ0v) is 22.8. The number of hydrogen-bond donors (Lipinski definition) is 1. The predicted octanol–water partition coefficient (Wildman–Crippen LogP) is 4.52. The van der Waals surface area contributed by atoms with Crippen molar-refractivity contribution in [3.05, 3.63) is 99.3 Å². The highest BCUT2D eigenvalue weighted by molar-refractivity contribution is 7.92. The topological polar surface area (TPSA) is 104 Å². The Morgan fingerprint density at radius 2 is 1.47 bits per heavy atom. The Hall–Kier alpha value is -3.18. The molecule has 200 valence electrons. The molecule has 1 aliphatic rings. The van der Waals surface area contributed by atoms with E-state index in [2.05, 4.69) is 4.90 Å². The minimum atomic E-state index is -3.87. The molecule has 8 nitrogen and oxygen atoms in total. The van der Waals surface area contributed by atoms with E-state index in [0.29, 0.717) is 28.0 Å². The van der Waals surface area contributed by atoms with Gasteiger partial charge in [-0.15, -0.1) is 0 Å². The standard InChI is InChI=1S/C26H25Cl2FN4O4S/c1-31(26(30)35)25(34)18-11-21(29)13-22(12-18)33(38(2,36)37)23-14-32(15-23)24(16-3-7-19(27)8-4-16)17-5-9-20(28)10-6-17/h3-13,23-24H,14-15H2,1-2H3,(H2,30,35). The van der Waals surface area contributed by atoms with Gasteiger partial charge in [0, 0.05) is 35.7 Å². The molecule has 3 amide bonds. The maximum atomic E-state index is 14.6. The molecule has 3 aromatic carbocycles. The van der Waals surface area contributed by atoms with Gasteiger partial charge >= 0.3 is 6.03 Å². The number of anilines is 1. The van der Waals surface area contributed by atoms with E-state index in [1.165, 1.54) is 6.07 Å². The van der Waals surface area contributed by atoms with Crippen LogP contribution in [0.25, 0.3) is 0 Å². The van der Waals surface area contributed by atoms with E-state index >= 15 is 0 Å². The molecule has 0 aliphatic carbocycles. The van der Waals surface area contributed by atoms with Gasteiger partial charge in [-0.2, -0.15) is 0 Å². The van der Waals surface area contributed by atoms with Crippen LogP contribution in [0.5, 0.6) is 0 Å². The maximum Gasteiger partial charge on any atom is 0.321 e. The zero-order valence-electron chi connectivity index (χ0n) is 20.5. The average molecular weight is 579 g/mol. The van der Waals surface area contributed by atoms with Crippen LogP contribution in [0.2, 0.25) is 10.0 Å². The number of rotatable bonds is 7. The second-order valence-electron chi connectivity index (χ2n) is 9.07. The molecule has 12 heteroatoms. The minimum absolute atomic E-state index is 0.0205. The lowest BCUT2D eigenvalue weighted by atomic mass is 9.93. The van der Waals surface area contributed by atoms with Gasteiger partial charge in [0.05, 0.1) is 24.0 Å². The summed E-state index contributed by atoms with van der Waals surface area (Å²) in [4.78, 5) is 26.7. The van der Waals surface area contributed by atoms with Crippen molar-refractivity contribution in [2.24, 2.45) is 5.73 Å². The number of imide groups is 1. The molecule has 0 unspecified atom stereocenters. The molecule has 1 heterocycles. The van der Waals surface area contributed by atoms with Crippen molar-refractivity contribution >= 4 is 50.9 Å². The van der Waals surface area contributed by atoms with Crippen molar-refractivity contribution < 1.29 is 22.4 Å². The number of benzene rings is 3. The van der Waals surface area contributed by atoms with Gasteiger partial charge in [-0.05, 0) is 53.6 Å². The highest BCUT2D eigenvalue weighted by atomic mass is 35.5. The van der Waals surface area contributed by atoms with Crippen LogP contribution in [0.4, 0.5) is 14.9 Å². The molecule has 0 aromatic heterocycles. The van der Waals surface area contributed by atoms with E-state index in [1.807, 2.05) is 24.3 Å². The summed E-state index contributed by atoms with van der Waals surface area (Å²) < 4.78 is 41.4. The zero-order chi connectivity index (χ0) is 27.8. The van der Waals surface area contributed by atoms with Crippen LogP contribution < -0.4 is 10.0 Å². The first-order valence-electron chi connectivity index (χ1n) is 11.5. The Labute approximate surface area is 230 Å². The van der Waals surface area contributed by atoms with Crippen molar-refractivity contribution in [1.29, 1.82) is 0 Å². The van der Waals surface area contributed by atoms with Crippen LogP contribution in [-0.4, -0.2) is 62.6 Å². The largest absolute Gasteiger partial charge is 0.351 e. The third-order valence-electron chi connectivity index (χ3n) is 6.34. The van der Waals surface area contributed by atoms with Crippen LogP contribution in [0, 0.1) is 5.82 Å². The van der Waals surface area contributed by atoms with Gasteiger partial charge < -0.3 is 5.73 Å². The third kappa shape index (κ3) is 5.94. The fraction of sp³-hybridized carbons (Fsp3) is 0.231. The number of halogens is 3. The lowest BCUT2D eigenvalue weighted by Gasteiger charge is -2.48. The number of amides is 3. The third-order valence-corrected chi connectivity index (χ3v) is 8.06. The molecule has 3 aromatic rings. The highest BCUT2D eigenvalue weighted by Crippen LogP contribution is 2.37. The maximum absolute atomic E-state index is 14.6. The number of nitrogens with zero attached hydrogens (tertiary/aromatic N) is 3. The van der Waals surface area contributed by atoms with Crippen LogP contribution in [0.3, 0.4) is 0 Å². The number of carbonyl (C=O) groups excluding carboxylic acids is 2. The number of primary amides is 1. The summed E-state index contributed by atoms with van der Waals surface area (Å²) in [7, 11) is -2.72. The number of urea groups is 1. The number of sulfonamides is 1. The van der Waals surface area contributed by atoms with E-state index in [9.17, 15) is 22.4 Å². The highest BCUT2D eigenvalue weighted by Gasteiger charge is 2.41. The first-order chi connectivity index (χ1) is 17.8. The molecule has 0 spiro atoms. The van der Waals surface area contributed by atoms with E-state index < -0.39 is 33.8 Å². The van der Waals surface area contributed by atoms with Gasteiger partial charge in [-0.3, -0.25) is 18.9 Å². The lowest BCUT2D eigenvalue weighted by molar-refractivity contribution is 0.0837. The fourth-order valence-corrected chi connectivity index (χ4v) is 5.96. The SMILES string of the molecule is CN(C(N)=O)C(=O)c1cc(F)cc(N(C2CN(C(c3ccc(Cl)cc3)c3ccc(Cl)cc3)C2)S(C)(=O)=O)c1. The summed E-state index contributed by atoms with van der Waals surface area (Å²) in [6.45, 7) is 0.647. The Balaban J connectivity index is 1.66. The number of likely N-dealkylation sites (tertiary alicyclic amines) is 1. The molecule has 1 fully saturated rings. The molecule has 2 N–H and O–H groups in total. The van der Waals surface area contributed by atoms with Gasteiger partial charge in [0.2, 0.25) is 10.0 Å². The quantitative estimate of drug-likeness (QED) is 0.443. The monoisotopic (exact) mass is 578 g/mol. The normalized spacial score (nSPS) is 14.3. The Kier molecular flexibility index (Phi) is 7.98. The molecule has 1 saturated heterocycles. The predicted molar refractivity (Wildman–Crippen MR) is 146 cm³/mol. The number of nitrogens with two attached hydrogens (primary N) is 1. The summed E-state index contributed by atoms with van der Waals surface area (Å²) in [5, 5.41) is 1.18. The van der Waals surface area contributed by atoms with Gasteiger partial charge in [0.25, 0.3) is 5.91 Å². The van der Waals surface area contributed by atoms with Gasteiger partial charge in [-0.25, -0.2) is 17.6 Å². The summed E-state index contributed by atoms with van der Waals surface area (Å²) in [6, 6.07) is 16.2. The Bertz CT molecular complexity index is 1420. The molecule has 4 rings (SSSR count). The van der Waals surface area contributed by atoms with Gasteiger partial charge in [0.1, 0.15) is 5.82 Å². The van der Waals surface area contributed by atoms with E-state index in [1.54, 1.807) is 24.3 Å². The average Bonchev–Trinajstić information content (AvgIpc) is 2.82. The molecule has 0 saturated carbocycles. The van der Waals surface area contributed by atoms with Gasteiger partial charge in [0.15, 0.2) is 0 Å². The van der Waals surface area contributed by atoms with Crippen LogP contribution in [0.15, 0.2) is 66.7 Å². The van der Waals surface area contributed by atoms with E-state index in [0.717, 1.165) is 40.9 Å². The minimum Gasteiger partial charge on any atom is -0.351 e. The molecule has 0 atom stereocenters. The van der Waals surface area contributed by atoms with Crippen LogP contribution in [0.1, 0.15) is 27.5 Å².